The van der Waals surface area contributed by atoms with Crippen molar-refractivity contribution in [2.45, 2.75) is 26.4 Å². The normalized spacial score (nSPS) is 9.91. The maximum atomic E-state index is 12.6. The monoisotopic (exact) mass is 318 g/mol. The molecule has 0 atom stereocenters. The van der Waals surface area contributed by atoms with E-state index in [-0.39, 0.29) is 18.3 Å². The van der Waals surface area contributed by atoms with Gasteiger partial charge in [0.25, 0.3) is 5.91 Å². The predicted molar refractivity (Wildman–Crippen MR) is 93.1 cm³/mol. The van der Waals surface area contributed by atoms with Crippen LogP contribution in [0.25, 0.3) is 0 Å². The standard InChI is InChI=1S/C18H22N2O.ClH/c1-2-12-20(14-16-6-4-3-5-7-16)18(21)17-10-8-15(13-19)9-11-17;/h3-11H,2,12-14,19H2,1H3;1H. The SMILES string of the molecule is CCCN(Cc1ccccc1)C(=O)c1ccc(CN)cc1.Cl. The second kappa shape index (κ2) is 9.23. The van der Waals surface area contributed by atoms with Crippen molar-refractivity contribution in [2.75, 3.05) is 6.54 Å². The van der Waals surface area contributed by atoms with Gasteiger partial charge in [0.15, 0.2) is 0 Å². The number of carbonyl (C=O) groups excluding carboxylic acids is 1. The van der Waals surface area contributed by atoms with Crippen LogP contribution in [-0.2, 0) is 13.1 Å². The van der Waals surface area contributed by atoms with Gasteiger partial charge < -0.3 is 10.6 Å². The number of hydrogen-bond acceptors (Lipinski definition) is 2. The summed E-state index contributed by atoms with van der Waals surface area (Å²) in [5, 5.41) is 0. The highest BCUT2D eigenvalue weighted by molar-refractivity contribution is 5.94. The lowest BCUT2D eigenvalue weighted by atomic mass is 10.1. The largest absolute Gasteiger partial charge is 0.334 e. The third-order valence-electron chi connectivity index (χ3n) is 3.43. The van der Waals surface area contributed by atoms with Crippen LogP contribution in [0.5, 0.6) is 0 Å². The lowest BCUT2D eigenvalue weighted by Crippen LogP contribution is -2.31. The lowest BCUT2D eigenvalue weighted by molar-refractivity contribution is 0.0743. The van der Waals surface area contributed by atoms with E-state index in [4.69, 9.17) is 5.73 Å². The Kier molecular flexibility index (Phi) is 7.64. The van der Waals surface area contributed by atoms with E-state index in [0.717, 1.165) is 29.7 Å². The molecule has 0 saturated carbocycles. The Morgan fingerprint density at radius 2 is 1.64 bits per heavy atom. The summed E-state index contributed by atoms with van der Waals surface area (Å²) < 4.78 is 0. The van der Waals surface area contributed by atoms with Crippen molar-refractivity contribution in [3.8, 4) is 0 Å². The molecular formula is C18H23ClN2O. The average molecular weight is 319 g/mol. The van der Waals surface area contributed by atoms with E-state index >= 15 is 0 Å². The summed E-state index contributed by atoms with van der Waals surface area (Å²) in [6, 6.07) is 17.6. The van der Waals surface area contributed by atoms with Gasteiger partial charge in [0, 0.05) is 25.2 Å². The Morgan fingerprint density at radius 1 is 1.00 bits per heavy atom. The minimum atomic E-state index is 0. The summed E-state index contributed by atoms with van der Waals surface area (Å²) in [5.41, 5.74) is 8.50. The molecule has 1 amide bonds. The van der Waals surface area contributed by atoms with E-state index < -0.39 is 0 Å². The molecule has 0 heterocycles. The van der Waals surface area contributed by atoms with Crippen LogP contribution in [-0.4, -0.2) is 17.4 Å². The van der Waals surface area contributed by atoms with Gasteiger partial charge in [0.2, 0.25) is 0 Å². The molecule has 2 aromatic carbocycles. The van der Waals surface area contributed by atoms with Crippen LogP contribution in [0.4, 0.5) is 0 Å². The number of amides is 1. The van der Waals surface area contributed by atoms with Gasteiger partial charge in [-0.2, -0.15) is 0 Å². The van der Waals surface area contributed by atoms with Crippen molar-refractivity contribution in [3.63, 3.8) is 0 Å². The van der Waals surface area contributed by atoms with Crippen LogP contribution < -0.4 is 5.73 Å². The Morgan fingerprint density at radius 3 is 2.18 bits per heavy atom. The van der Waals surface area contributed by atoms with Crippen molar-refractivity contribution in [1.82, 2.24) is 4.90 Å². The average Bonchev–Trinajstić information content (AvgIpc) is 2.55. The molecule has 0 saturated heterocycles. The maximum Gasteiger partial charge on any atom is 0.254 e. The highest BCUT2D eigenvalue weighted by Gasteiger charge is 2.15. The Hall–Kier alpha value is -1.84. The summed E-state index contributed by atoms with van der Waals surface area (Å²) in [4.78, 5) is 14.5. The molecule has 2 N–H and O–H groups in total. The van der Waals surface area contributed by atoms with Crippen LogP contribution in [0, 0.1) is 0 Å². The van der Waals surface area contributed by atoms with Gasteiger partial charge in [-0.25, -0.2) is 0 Å². The Labute approximate surface area is 138 Å². The van der Waals surface area contributed by atoms with Crippen molar-refractivity contribution in [1.29, 1.82) is 0 Å². The van der Waals surface area contributed by atoms with Gasteiger partial charge in [-0.1, -0.05) is 49.4 Å². The van der Waals surface area contributed by atoms with Gasteiger partial charge in [-0.15, -0.1) is 12.4 Å². The second-order valence-electron chi connectivity index (χ2n) is 5.11. The topological polar surface area (TPSA) is 46.3 Å². The third-order valence-corrected chi connectivity index (χ3v) is 3.43. The molecule has 0 aromatic heterocycles. The summed E-state index contributed by atoms with van der Waals surface area (Å²) in [5.74, 6) is 0.0734. The van der Waals surface area contributed by atoms with E-state index in [1.165, 1.54) is 0 Å². The van der Waals surface area contributed by atoms with Crippen LogP contribution >= 0.6 is 12.4 Å². The van der Waals surface area contributed by atoms with Crippen molar-refractivity contribution >= 4 is 18.3 Å². The highest BCUT2D eigenvalue weighted by Crippen LogP contribution is 2.12. The summed E-state index contributed by atoms with van der Waals surface area (Å²) >= 11 is 0. The molecule has 0 bridgehead atoms. The highest BCUT2D eigenvalue weighted by atomic mass is 35.5. The molecule has 0 fully saturated rings. The van der Waals surface area contributed by atoms with Crippen molar-refractivity contribution in [2.24, 2.45) is 5.73 Å². The van der Waals surface area contributed by atoms with Crippen LogP contribution in [0.3, 0.4) is 0 Å². The number of rotatable bonds is 6. The van der Waals surface area contributed by atoms with Gasteiger partial charge in [-0.3, -0.25) is 4.79 Å². The number of nitrogens with two attached hydrogens (primary N) is 1. The molecule has 0 aliphatic carbocycles. The van der Waals surface area contributed by atoms with Crippen LogP contribution in [0.15, 0.2) is 54.6 Å². The maximum absolute atomic E-state index is 12.6. The summed E-state index contributed by atoms with van der Waals surface area (Å²) in [7, 11) is 0. The molecule has 22 heavy (non-hydrogen) atoms. The van der Waals surface area contributed by atoms with Crippen molar-refractivity contribution < 1.29 is 4.79 Å². The first-order valence-electron chi connectivity index (χ1n) is 7.36. The van der Waals surface area contributed by atoms with E-state index in [1.807, 2.05) is 59.5 Å². The zero-order chi connectivity index (χ0) is 15.1. The minimum absolute atomic E-state index is 0. The molecule has 0 spiro atoms. The molecule has 0 aliphatic heterocycles. The molecular weight excluding hydrogens is 296 g/mol. The van der Waals surface area contributed by atoms with Gasteiger partial charge in [0.05, 0.1) is 0 Å². The van der Waals surface area contributed by atoms with Crippen LogP contribution in [0.2, 0.25) is 0 Å². The fraction of sp³-hybridized carbons (Fsp3) is 0.278. The number of nitrogens with zero attached hydrogens (tertiary/aromatic N) is 1. The summed E-state index contributed by atoms with van der Waals surface area (Å²) in [6.07, 6.45) is 0.944. The molecule has 0 unspecified atom stereocenters. The fourth-order valence-corrected chi connectivity index (χ4v) is 2.29. The molecule has 3 nitrogen and oxygen atoms in total. The zero-order valence-corrected chi connectivity index (χ0v) is 13.7. The third kappa shape index (κ3) is 4.86. The number of hydrogen-bond donors (Lipinski definition) is 1. The van der Waals surface area contributed by atoms with E-state index in [9.17, 15) is 4.79 Å². The van der Waals surface area contributed by atoms with Gasteiger partial charge in [0.1, 0.15) is 0 Å². The van der Waals surface area contributed by atoms with Crippen molar-refractivity contribution in [3.05, 3.63) is 71.3 Å². The molecule has 0 radical (unpaired) electrons. The van der Waals surface area contributed by atoms with Gasteiger partial charge >= 0.3 is 0 Å². The first kappa shape index (κ1) is 18.2. The molecule has 0 aliphatic rings. The predicted octanol–water partition coefficient (Wildman–Crippen LogP) is 3.62. The number of benzene rings is 2. The lowest BCUT2D eigenvalue weighted by Gasteiger charge is -2.22. The second-order valence-corrected chi connectivity index (χ2v) is 5.11. The first-order valence-corrected chi connectivity index (χ1v) is 7.36. The molecule has 4 heteroatoms. The molecule has 2 rings (SSSR count). The molecule has 118 valence electrons. The quantitative estimate of drug-likeness (QED) is 0.884. The van der Waals surface area contributed by atoms with Gasteiger partial charge in [-0.05, 0) is 29.7 Å². The fourth-order valence-electron chi connectivity index (χ4n) is 2.29. The molecule has 2 aromatic rings. The number of carbonyl (C=O) groups is 1. The Balaban J connectivity index is 0.00000242. The summed E-state index contributed by atoms with van der Waals surface area (Å²) in [6.45, 7) is 3.98. The van der Waals surface area contributed by atoms with E-state index in [1.54, 1.807) is 0 Å². The number of halogens is 1. The first-order chi connectivity index (χ1) is 10.2. The van der Waals surface area contributed by atoms with Crippen LogP contribution in [0.1, 0.15) is 34.8 Å². The van der Waals surface area contributed by atoms with E-state index in [0.29, 0.717) is 13.1 Å². The smallest absolute Gasteiger partial charge is 0.254 e. The Bertz CT molecular complexity index is 569. The zero-order valence-electron chi connectivity index (χ0n) is 12.9. The minimum Gasteiger partial charge on any atom is -0.334 e. The van der Waals surface area contributed by atoms with E-state index in [2.05, 4.69) is 6.92 Å².